The minimum atomic E-state index is -0.444. The van der Waals surface area contributed by atoms with Gasteiger partial charge in [-0.15, -0.1) is 11.3 Å². The van der Waals surface area contributed by atoms with Crippen LogP contribution in [-0.2, 0) is 31.2 Å². The Morgan fingerprint density at radius 2 is 2.00 bits per heavy atom. The molecule has 7 nitrogen and oxygen atoms in total. The van der Waals surface area contributed by atoms with E-state index in [-0.39, 0.29) is 5.78 Å². The second-order valence-corrected chi connectivity index (χ2v) is 10.9. The highest BCUT2D eigenvalue weighted by molar-refractivity contribution is 7.12. The molecule has 2 aromatic carbocycles. The first kappa shape index (κ1) is 23.4. The van der Waals surface area contributed by atoms with E-state index in [0.29, 0.717) is 28.3 Å². The molecule has 2 amide bonds. The van der Waals surface area contributed by atoms with E-state index in [1.54, 1.807) is 4.68 Å². The van der Waals surface area contributed by atoms with E-state index in [1.807, 2.05) is 55.0 Å². The molecule has 1 N–H and O–H groups in total. The molecule has 0 unspecified atom stereocenters. The molecule has 0 fully saturated rings. The van der Waals surface area contributed by atoms with Crippen molar-refractivity contribution in [2.75, 3.05) is 0 Å². The molecule has 0 saturated heterocycles. The van der Waals surface area contributed by atoms with Gasteiger partial charge in [-0.1, -0.05) is 19.9 Å². The maximum Gasteiger partial charge on any atom is 0.258 e. The number of thiophene rings is 1. The molecule has 0 bridgehead atoms. The summed E-state index contributed by atoms with van der Waals surface area (Å²) in [6.45, 7) is 5.16. The fourth-order valence-electron chi connectivity index (χ4n) is 5.63. The number of aromatic nitrogens is 3. The van der Waals surface area contributed by atoms with Crippen LogP contribution in [0.5, 0.6) is 0 Å². The van der Waals surface area contributed by atoms with Crippen molar-refractivity contribution in [1.82, 2.24) is 19.7 Å². The number of nitrogens with one attached hydrogen (secondary N) is 1. The summed E-state index contributed by atoms with van der Waals surface area (Å²) in [5, 5.41) is 10.7. The van der Waals surface area contributed by atoms with Crippen LogP contribution in [0.1, 0.15) is 50.7 Å². The molecular weight excluding hydrogens is 484 g/mol. The summed E-state index contributed by atoms with van der Waals surface area (Å²) in [6.07, 6.45) is 3.87. The molecule has 5 aromatic rings. The zero-order chi connectivity index (χ0) is 25.8. The van der Waals surface area contributed by atoms with Gasteiger partial charge in [-0.3, -0.25) is 24.4 Å². The third-order valence-corrected chi connectivity index (χ3v) is 7.89. The smallest absolute Gasteiger partial charge is 0.258 e. The first-order valence-corrected chi connectivity index (χ1v) is 13.2. The number of fused-ring (bicyclic) bond motifs is 7. The van der Waals surface area contributed by atoms with Crippen molar-refractivity contribution in [2.45, 2.75) is 33.2 Å². The largest absolute Gasteiger partial charge is 0.340 e. The van der Waals surface area contributed by atoms with Gasteiger partial charge < -0.3 is 4.57 Å². The number of carbonyl (C=O) groups is 3. The zero-order valence-electron chi connectivity index (χ0n) is 20.9. The number of rotatable bonds is 6. The van der Waals surface area contributed by atoms with Gasteiger partial charge in [-0.05, 0) is 60.0 Å². The summed E-state index contributed by atoms with van der Waals surface area (Å²) in [7, 11) is 1.88. The van der Waals surface area contributed by atoms with Crippen molar-refractivity contribution < 1.29 is 14.4 Å². The average Bonchev–Trinajstić information content (AvgIpc) is 3.60. The Bertz CT molecular complexity index is 1720. The van der Waals surface area contributed by atoms with Gasteiger partial charge in [0.2, 0.25) is 12.2 Å². The number of hydrogen-bond acceptors (Lipinski definition) is 5. The fraction of sp³-hybridized carbons (Fsp3) is 0.241. The number of hydrogen-bond donors (Lipinski definition) is 1. The number of carbonyl (C=O) groups excluding carboxylic acids is 3. The van der Waals surface area contributed by atoms with Crippen LogP contribution in [0.25, 0.3) is 32.9 Å². The zero-order valence-corrected chi connectivity index (χ0v) is 21.7. The number of amides is 2. The van der Waals surface area contributed by atoms with Crippen LogP contribution in [0.3, 0.4) is 0 Å². The Hall–Kier alpha value is -4.04. The molecule has 8 heteroatoms. The predicted octanol–water partition coefficient (Wildman–Crippen LogP) is 5.13. The maximum atomic E-state index is 13.2. The van der Waals surface area contributed by atoms with Gasteiger partial charge in [-0.2, -0.15) is 5.10 Å². The molecule has 1 aliphatic carbocycles. The predicted molar refractivity (Wildman–Crippen MR) is 145 cm³/mol. The molecule has 0 aliphatic heterocycles. The van der Waals surface area contributed by atoms with Gasteiger partial charge in [0.1, 0.15) is 0 Å². The molecule has 1 aliphatic rings. The van der Waals surface area contributed by atoms with Crippen molar-refractivity contribution in [3.05, 3.63) is 75.2 Å². The van der Waals surface area contributed by atoms with Gasteiger partial charge in [0.15, 0.2) is 0 Å². The first-order chi connectivity index (χ1) is 17.9. The number of ketones is 1. The van der Waals surface area contributed by atoms with Crippen LogP contribution in [-0.4, -0.2) is 32.4 Å². The van der Waals surface area contributed by atoms with Crippen molar-refractivity contribution in [2.24, 2.45) is 13.0 Å². The Morgan fingerprint density at radius 1 is 1.16 bits per heavy atom. The van der Waals surface area contributed by atoms with Crippen molar-refractivity contribution >= 4 is 51.2 Å². The molecular formula is C29H26N4O3S. The standard InChI is InChI=1S/C29H26N4O3S/c1-16(2)13-33-24-9-6-17(28(35)25-5-4-10-37-25)11-19(24)20-12-21(29(36)30-15-34)26-18(27(20)33)7-8-23-22(26)14-32(3)31-23/h4-6,9-12,14-16H,7-8,13H2,1-3H3,(H,30,34,36). The van der Waals surface area contributed by atoms with E-state index < -0.39 is 5.91 Å². The number of nitrogens with zero attached hydrogens (tertiary/aromatic N) is 3. The molecule has 3 aromatic heterocycles. The summed E-state index contributed by atoms with van der Waals surface area (Å²) in [5.74, 6) is -0.0727. The first-order valence-electron chi connectivity index (χ1n) is 12.3. The van der Waals surface area contributed by atoms with Crippen LogP contribution in [0, 0.1) is 5.92 Å². The Kier molecular flexibility index (Phi) is 5.56. The van der Waals surface area contributed by atoms with Gasteiger partial charge in [0.05, 0.1) is 16.1 Å². The van der Waals surface area contributed by atoms with E-state index in [2.05, 4.69) is 28.8 Å². The minimum Gasteiger partial charge on any atom is -0.340 e. The van der Waals surface area contributed by atoms with Gasteiger partial charge in [0.25, 0.3) is 5.91 Å². The second-order valence-electron chi connectivity index (χ2n) is 9.97. The second kappa shape index (κ2) is 8.81. The van der Waals surface area contributed by atoms with Gasteiger partial charge in [0, 0.05) is 58.3 Å². The summed E-state index contributed by atoms with van der Waals surface area (Å²) in [5.41, 5.74) is 6.96. The molecule has 186 valence electrons. The summed E-state index contributed by atoms with van der Waals surface area (Å²) in [6, 6.07) is 11.5. The lowest BCUT2D eigenvalue weighted by Crippen LogP contribution is -2.23. The molecule has 0 radical (unpaired) electrons. The highest BCUT2D eigenvalue weighted by Gasteiger charge is 2.30. The van der Waals surface area contributed by atoms with Crippen molar-refractivity contribution in [1.29, 1.82) is 0 Å². The maximum absolute atomic E-state index is 13.2. The summed E-state index contributed by atoms with van der Waals surface area (Å²) in [4.78, 5) is 38.3. The van der Waals surface area contributed by atoms with E-state index in [0.717, 1.165) is 63.6 Å². The lowest BCUT2D eigenvalue weighted by Gasteiger charge is -2.22. The Labute approximate surface area is 217 Å². The van der Waals surface area contributed by atoms with E-state index >= 15 is 0 Å². The number of benzene rings is 2. The van der Waals surface area contributed by atoms with Gasteiger partial charge in [-0.25, -0.2) is 0 Å². The average molecular weight is 511 g/mol. The van der Waals surface area contributed by atoms with Crippen LogP contribution in [0.4, 0.5) is 0 Å². The van der Waals surface area contributed by atoms with E-state index in [4.69, 9.17) is 0 Å². The third-order valence-electron chi connectivity index (χ3n) is 7.02. The molecule has 6 rings (SSSR count). The minimum absolute atomic E-state index is 0.0152. The topological polar surface area (TPSA) is 86.0 Å². The van der Waals surface area contributed by atoms with Crippen molar-refractivity contribution in [3.63, 3.8) is 0 Å². The Balaban J connectivity index is 1.71. The Morgan fingerprint density at radius 3 is 2.73 bits per heavy atom. The summed E-state index contributed by atoms with van der Waals surface area (Å²) < 4.78 is 4.10. The van der Waals surface area contributed by atoms with Crippen molar-refractivity contribution in [3.8, 4) is 11.1 Å². The normalized spacial score (nSPS) is 12.6. The third kappa shape index (κ3) is 3.71. The van der Waals surface area contributed by atoms with E-state index in [9.17, 15) is 14.4 Å². The fourth-order valence-corrected chi connectivity index (χ4v) is 6.31. The number of aryl methyl sites for hydroxylation is 3. The van der Waals surface area contributed by atoms with Crippen LogP contribution in [0.2, 0.25) is 0 Å². The quantitative estimate of drug-likeness (QED) is 0.254. The molecule has 0 spiro atoms. The van der Waals surface area contributed by atoms with E-state index in [1.165, 1.54) is 11.3 Å². The van der Waals surface area contributed by atoms with Crippen LogP contribution < -0.4 is 5.32 Å². The highest BCUT2D eigenvalue weighted by Crippen LogP contribution is 2.43. The SMILES string of the molecule is CC(C)Cn1c2ccc(C(=O)c3cccs3)cc2c2cc(C(=O)NC=O)c3c(c21)CCc1nn(C)cc1-3. The lowest BCUT2D eigenvalue weighted by molar-refractivity contribution is -0.108. The molecule has 3 heterocycles. The van der Waals surface area contributed by atoms with Gasteiger partial charge >= 0.3 is 0 Å². The van der Waals surface area contributed by atoms with Crippen LogP contribution in [0.15, 0.2) is 48.0 Å². The number of imide groups is 1. The summed E-state index contributed by atoms with van der Waals surface area (Å²) >= 11 is 1.43. The molecule has 37 heavy (non-hydrogen) atoms. The highest BCUT2D eigenvalue weighted by atomic mass is 32.1. The molecule has 0 saturated carbocycles. The monoisotopic (exact) mass is 510 g/mol. The molecule has 0 atom stereocenters. The lowest BCUT2D eigenvalue weighted by atomic mass is 9.84. The van der Waals surface area contributed by atoms with Crippen LogP contribution >= 0.6 is 11.3 Å².